The van der Waals surface area contributed by atoms with Gasteiger partial charge in [0.1, 0.15) is 17.6 Å². The molecule has 0 spiro atoms. The molecule has 0 aliphatic heterocycles. The Kier molecular flexibility index (Phi) is 4.61. The molecule has 2 aromatic rings. The van der Waals surface area contributed by atoms with Gasteiger partial charge >= 0.3 is 0 Å². The van der Waals surface area contributed by atoms with Gasteiger partial charge in [0.2, 0.25) is 0 Å². The quantitative estimate of drug-likeness (QED) is 0.874. The number of rotatable bonds is 4. The molecular formula is C19H16O3. The third kappa shape index (κ3) is 3.34. The Morgan fingerprint density at radius 1 is 0.864 bits per heavy atom. The highest BCUT2D eigenvalue weighted by Gasteiger charge is 2.23. The topological polar surface area (TPSA) is 38.7 Å². The van der Waals surface area contributed by atoms with Gasteiger partial charge in [0.15, 0.2) is 12.2 Å². The smallest absolute Gasteiger partial charge is 0.160 e. The summed E-state index contributed by atoms with van der Waals surface area (Å²) in [6.45, 7) is 4.26. The molecule has 0 fully saturated rings. The van der Waals surface area contributed by atoms with Crippen LogP contribution in [0.1, 0.15) is 25.0 Å². The largest absolute Gasteiger partial charge is 0.460 e. The Balaban J connectivity index is 2.24. The van der Waals surface area contributed by atoms with Crippen LogP contribution >= 0.6 is 0 Å². The standard InChI is InChI=1S/C19H16O3/c1-4-21-17-9-5-15(6-10-17)19(2,3)16-7-11-18(12-8-16)22-14-13-20/h1,5-12,20H,2-3H3. The zero-order chi connectivity index (χ0) is 16.0. The van der Waals surface area contributed by atoms with Gasteiger partial charge in [-0.05, 0) is 35.4 Å². The molecule has 3 heteroatoms. The van der Waals surface area contributed by atoms with Gasteiger partial charge in [-0.25, -0.2) is 0 Å². The van der Waals surface area contributed by atoms with E-state index in [1.54, 1.807) is 6.11 Å². The summed E-state index contributed by atoms with van der Waals surface area (Å²) in [4.78, 5) is 0. The van der Waals surface area contributed by atoms with E-state index >= 15 is 0 Å². The number of terminal acetylenes is 1. The van der Waals surface area contributed by atoms with Crippen molar-refractivity contribution in [3.05, 3.63) is 59.7 Å². The summed E-state index contributed by atoms with van der Waals surface area (Å²) >= 11 is 0. The number of ether oxygens (including phenoxy) is 2. The van der Waals surface area contributed by atoms with Crippen LogP contribution in [0, 0.1) is 24.7 Å². The van der Waals surface area contributed by atoms with Crippen LogP contribution in [0.2, 0.25) is 0 Å². The Hall–Kier alpha value is -3.04. The molecular weight excluding hydrogens is 276 g/mol. The molecule has 0 atom stereocenters. The number of benzene rings is 2. The molecule has 0 radical (unpaired) electrons. The molecule has 0 heterocycles. The first-order chi connectivity index (χ1) is 10.6. The summed E-state index contributed by atoms with van der Waals surface area (Å²) in [6.07, 6.45) is 11.1. The molecule has 1 N–H and O–H groups in total. The molecule has 3 nitrogen and oxygen atoms in total. The maximum Gasteiger partial charge on any atom is 0.160 e. The van der Waals surface area contributed by atoms with Crippen LogP contribution < -0.4 is 9.47 Å². The average molecular weight is 292 g/mol. The lowest BCUT2D eigenvalue weighted by Crippen LogP contribution is -2.18. The summed E-state index contributed by atoms with van der Waals surface area (Å²) in [5.74, 6) is 1.23. The van der Waals surface area contributed by atoms with Gasteiger partial charge in [-0.1, -0.05) is 44.5 Å². The minimum absolute atomic E-state index is 0.185. The maximum absolute atomic E-state index is 8.41. The minimum atomic E-state index is -0.185. The molecule has 0 saturated heterocycles. The highest BCUT2D eigenvalue weighted by Crippen LogP contribution is 2.33. The zero-order valence-electron chi connectivity index (χ0n) is 12.5. The Morgan fingerprint density at radius 2 is 1.32 bits per heavy atom. The predicted molar refractivity (Wildman–Crippen MR) is 84.8 cm³/mol. The molecule has 0 saturated carbocycles. The number of aliphatic hydroxyl groups is 1. The van der Waals surface area contributed by atoms with Gasteiger partial charge < -0.3 is 14.6 Å². The normalized spacial score (nSPS) is 10.0. The van der Waals surface area contributed by atoms with E-state index in [0.29, 0.717) is 11.5 Å². The lowest BCUT2D eigenvalue weighted by atomic mass is 9.78. The maximum atomic E-state index is 8.41. The van der Waals surface area contributed by atoms with Crippen molar-refractivity contribution >= 4 is 0 Å². The first-order valence-corrected chi connectivity index (χ1v) is 6.72. The van der Waals surface area contributed by atoms with Crippen molar-refractivity contribution in [2.45, 2.75) is 19.3 Å². The fourth-order valence-corrected chi connectivity index (χ4v) is 2.20. The third-order valence-corrected chi connectivity index (χ3v) is 3.54. The van der Waals surface area contributed by atoms with Crippen molar-refractivity contribution in [1.29, 1.82) is 0 Å². The first-order valence-electron chi connectivity index (χ1n) is 6.72. The summed E-state index contributed by atoms with van der Waals surface area (Å²) in [6, 6.07) is 15.3. The highest BCUT2D eigenvalue weighted by atomic mass is 16.5. The van der Waals surface area contributed by atoms with E-state index in [0.717, 1.165) is 11.1 Å². The van der Waals surface area contributed by atoms with E-state index in [2.05, 4.69) is 26.1 Å². The van der Waals surface area contributed by atoms with E-state index in [9.17, 15) is 0 Å². The molecule has 0 bridgehead atoms. The minimum Gasteiger partial charge on any atom is -0.460 e. The van der Waals surface area contributed by atoms with Crippen LogP contribution in [0.25, 0.3) is 0 Å². The fraction of sp³-hybridized carbons (Fsp3) is 0.158. The molecule has 0 unspecified atom stereocenters. The van der Waals surface area contributed by atoms with E-state index in [-0.39, 0.29) is 5.41 Å². The molecule has 22 heavy (non-hydrogen) atoms. The summed E-state index contributed by atoms with van der Waals surface area (Å²) in [5.41, 5.74) is 2.08. The number of hydrogen-bond donors (Lipinski definition) is 1. The first kappa shape index (κ1) is 15.4. The van der Waals surface area contributed by atoms with Gasteiger partial charge in [-0.2, -0.15) is 0 Å². The Bertz CT molecular complexity index is 723. The zero-order valence-corrected chi connectivity index (χ0v) is 12.5. The SMILES string of the molecule is C#COc1ccc(C(C)(C)c2ccc(OC#CO)cc2)cc1. The van der Waals surface area contributed by atoms with Crippen molar-refractivity contribution in [2.24, 2.45) is 0 Å². The van der Waals surface area contributed by atoms with Crippen molar-refractivity contribution in [3.63, 3.8) is 0 Å². The summed E-state index contributed by atoms with van der Waals surface area (Å²) < 4.78 is 10.0. The van der Waals surface area contributed by atoms with Gasteiger partial charge in [0.05, 0.1) is 0 Å². The van der Waals surface area contributed by atoms with Crippen molar-refractivity contribution in [2.75, 3.05) is 0 Å². The van der Waals surface area contributed by atoms with Crippen molar-refractivity contribution in [1.82, 2.24) is 0 Å². The lowest BCUT2D eigenvalue weighted by Gasteiger charge is -2.26. The van der Waals surface area contributed by atoms with Crippen LogP contribution in [0.15, 0.2) is 48.5 Å². The Labute approximate surface area is 130 Å². The van der Waals surface area contributed by atoms with E-state index < -0.39 is 0 Å². The lowest BCUT2D eigenvalue weighted by molar-refractivity contribution is 0.475. The highest BCUT2D eigenvalue weighted by molar-refractivity contribution is 5.42. The van der Waals surface area contributed by atoms with E-state index in [1.165, 1.54) is 0 Å². The van der Waals surface area contributed by atoms with E-state index in [1.807, 2.05) is 48.5 Å². The summed E-state index contributed by atoms with van der Waals surface area (Å²) in [5, 5.41) is 8.41. The van der Waals surface area contributed by atoms with E-state index in [4.69, 9.17) is 21.0 Å². The van der Waals surface area contributed by atoms with Crippen LogP contribution in [0.5, 0.6) is 11.5 Å². The molecule has 2 rings (SSSR count). The second-order valence-electron chi connectivity index (χ2n) is 5.21. The second kappa shape index (κ2) is 6.61. The Morgan fingerprint density at radius 3 is 1.73 bits per heavy atom. The van der Waals surface area contributed by atoms with Gasteiger partial charge in [0.25, 0.3) is 0 Å². The molecule has 0 aliphatic carbocycles. The van der Waals surface area contributed by atoms with Gasteiger partial charge in [0, 0.05) is 5.41 Å². The third-order valence-electron chi connectivity index (χ3n) is 3.54. The fourth-order valence-electron chi connectivity index (χ4n) is 2.20. The second-order valence-corrected chi connectivity index (χ2v) is 5.21. The van der Waals surface area contributed by atoms with Crippen LogP contribution in [0.4, 0.5) is 0 Å². The van der Waals surface area contributed by atoms with Crippen molar-refractivity contribution < 1.29 is 14.6 Å². The number of aliphatic hydroxyl groups excluding tert-OH is 1. The molecule has 110 valence electrons. The van der Waals surface area contributed by atoms with Crippen molar-refractivity contribution in [3.8, 4) is 36.2 Å². The average Bonchev–Trinajstić information content (AvgIpc) is 2.54. The molecule has 2 aromatic carbocycles. The molecule has 0 aromatic heterocycles. The molecule has 0 aliphatic rings. The molecule has 0 amide bonds. The van der Waals surface area contributed by atoms with Crippen LogP contribution in [0.3, 0.4) is 0 Å². The number of hydrogen-bond acceptors (Lipinski definition) is 3. The van der Waals surface area contributed by atoms with Gasteiger partial charge in [-0.3, -0.25) is 0 Å². The van der Waals surface area contributed by atoms with Gasteiger partial charge in [-0.15, -0.1) is 0 Å². The van der Waals surface area contributed by atoms with Crippen LogP contribution in [-0.4, -0.2) is 5.11 Å². The van der Waals surface area contributed by atoms with Crippen LogP contribution in [-0.2, 0) is 5.41 Å². The monoisotopic (exact) mass is 292 g/mol. The summed E-state index contributed by atoms with van der Waals surface area (Å²) in [7, 11) is 0. The predicted octanol–water partition coefficient (Wildman–Crippen LogP) is 3.65.